The van der Waals surface area contributed by atoms with Crippen LogP contribution in [0.5, 0.6) is 0 Å². The molecule has 2 aromatic rings. The van der Waals surface area contributed by atoms with E-state index in [9.17, 15) is 14.0 Å². The maximum absolute atomic E-state index is 13.4. The van der Waals surface area contributed by atoms with Crippen molar-refractivity contribution in [2.24, 2.45) is 0 Å². The predicted octanol–water partition coefficient (Wildman–Crippen LogP) is 1.45. The molecule has 2 saturated heterocycles. The number of benzene rings is 1. The normalized spacial score (nSPS) is 18.3. The average molecular weight is 449 g/mol. The highest BCUT2D eigenvalue weighted by atomic mass is 32.2. The Hall–Kier alpha value is -2.50. The third kappa shape index (κ3) is 5.05. The second kappa shape index (κ2) is 9.75. The fourth-order valence-corrected chi connectivity index (χ4v) is 4.50. The number of hydrogen-bond acceptors (Lipinski definition) is 7. The number of urea groups is 1. The minimum Gasteiger partial charge on any atom is -0.379 e. The quantitative estimate of drug-likeness (QED) is 0.641. The van der Waals surface area contributed by atoms with E-state index in [-0.39, 0.29) is 17.8 Å². The molecule has 4 rings (SSSR count). The van der Waals surface area contributed by atoms with Crippen LogP contribution in [0.25, 0.3) is 11.4 Å². The number of nitrogens with zero attached hydrogens (tertiary/aromatic N) is 5. The summed E-state index contributed by atoms with van der Waals surface area (Å²) >= 11 is 1.27. The Bertz CT molecular complexity index is 931. The first-order chi connectivity index (χ1) is 15.0. The Morgan fingerprint density at radius 3 is 2.61 bits per heavy atom. The van der Waals surface area contributed by atoms with Crippen molar-refractivity contribution in [2.75, 3.05) is 45.9 Å². The zero-order valence-electron chi connectivity index (χ0n) is 17.3. The van der Waals surface area contributed by atoms with Crippen LogP contribution in [-0.2, 0) is 16.1 Å². The standard InChI is InChI=1S/C20H25FN6O3S/c1-14(18(28)27-7-6-22-19(27)29)31-20-24-23-17(15-2-4-16(21)5-3-15)26(20)9-8-25-10-12-30-13-11-25/h2-5,14H,6-13H2,1H3,(H,22,29). The van der Waals surface area contributed by atoms with Gasteiger partial charge in [0.15, 0.2) is 11.0 Å². The van der Waals surface area contributed by atoms with E-state index in [2.05, 4.69) is 20.4 Å². The summed E-state index contributed by atoms with van der Waals surface area (Å²) in [5.74, 6) is 0.0428. The third-order valence-electron chi connectivity index (χ3n) is 5.32. The SMILES string of the molecule is CC(Sc1nnc(-c2ccc(F)cc2)n1CCN1CCOCC1)C(=O)N1CCNC1=O. The molecule has 1 aromatic heterocycles. The predicted molar refractivity (Wildman–Crippen MR) is 113 cm³/mol. The van der Waals surface area contributed by atoms with E-state index in [1.54, 1.807) is 19.1 Å². The zero-order valence-corrected chi connectivity index (χ0v) is 18.1. The number of imide groups is 1. The lowest BCUT2D eigenvalue weighted by Crippen LogP contribution is -2.39. The molecule has 31 heavy (non-hydrogen) atoms. The number of hydrogen-bond donors (Lipinski definition) is 1. The molecule has 166 valence electrons. The van der Waals surface area contributed by atoms with Crippen LogP contribution in [0.3, 0.4) is 0 Å². The highest BCUT2D eigenvalue weighted by molar-refractivity contribution is 8.00. The summed E-state index contributed by atoms with van der Waals surface area (Å²) in [7, 11) is 0. The highest BCUT2D eigenvalue weighted by Crippen LogP contribution is 2.28. The highest BCUT2D eigenvalue weighted by Gasteiger charge is 2.31. The third-order valence-corrected chi connectivity index (χ3v) is 6.38. The molecule has 1 atom stereocenters. The Morgan fingerprint density at radius 1 is 1.19 bits per heavy atom. The van der Waals surface area contributed by atoms with Gasteiger partial charge in [-0.2, -0.15) is 0 Å². The van der Waals surface area contributed by atoms with E-state index in [0.29, 0.717) is 43.8 Å². The number of thioether (sulfide) groups is 1. The number of morpholine rings is 1. The van der Waals surface area contributed by atoms with Crippen LogP contribution in [0.4, 0.5) is 9.18 Å². The first-order valence-electron chi connectivity index (χ1n) is 10.3. The van der Waals surface area contributed by atoms with Gasteiger partial charge in [0.25, 0.3) is 0 Å². The van der Waals surface area contributed by atoms with Crippen molar-refractivity contribution in [3.05, 3.63) is 30.1 Å². The van der Waals surface area contributed by atoms with Gasteiger partial charge >= 0.3 is 6.03 Å². The van der Waals surface area contributed by atoms with E-state index in [1.165, 1.54) is 28.8 Å². The van der Waals surface area contributed by atoms with E-state index in [1.807, 2.05) is 4.57 Å². The zero-order chi connectivity index (χ0) is 21.8. The molecule has 0 bridgehead atoms. The molecule has 2 aliphatic rings. The van der Waals surface area contributed by atoms with Crippen LogP contribution in [0.1, 0.15) is 6.92 Å². The summed E-state index contributed by atoms with van der Waals surface area (Å²) in [4.78, 5) is 28.1. The second-order valence-electron chi connectivity index (χ2n) is 7.40. The van der Waals surface area contributed by atoms with Crippen molar-refractivity contribution < 1.29 is 18.7 Å². The number of halogens is 1. The Kier molecular flexibility index (Phi) is 6.83. The van der Waals surface area contributed by atoms with Crippen molar-refractivity contribution in [3.63, 3.8) is 0 Å². The van der Waals surface area contributed by atoms with Crippen LogP contribution in [0.15, 0.2) is 29.4 Å². The van der Waals surface area contributed by atoms with Crippen LogP contribution in [0, 0.1) is 5.82 Å². The Balaban J connectivity index is 1.54. The van der Waals surface area contributed by atoms with Crippen molar-refractivity contribution in [3.8, 4) is 11.4 Å². The van der Waals surface area contributed by atoms with Crippen molar-refractivity contribution >= 4 is 23.7 Å². The summed E-state index contributed by atoms with van der Waals surface area (Å²) in [6, 6.07) is 5.76. The molecule has 0 saturated carbocycles. The second-order valence-corrected chi connectivity index (χ2v) is 8.71. The minimum absolute atomic E-state index is 0.258. The maximum Gasteiger partial charge on any atom is 0.324 e. The molecule has 11 heteroatoms. The smallest absolute Gasteiger partial charge is 0.324 e. The summed E-state index contributed by atoms with van der Waals surface area (Å²) < 4.78 is 20.8. The molecule has 1 unspecified atom stereocenters. The molecular formula is C20H25FN6O3S. The molecule has 3 heterocycles. The number of aromatic nitrogens is 3. The summed E-state index contributed by atoms with van der Waals surface area (Å²) in [6.45, 7) is 7.12. The topological polar surface area (TPSA) is 92.6 Å². The van der Waals surface area contributed by atoms with Gasteiger partial charge in [0.2, 0.25) is 5.91 Å². The first kappa shape index (κ1) is 21.7. The molecule has 9 nitrogen and oxygen atoms in total. The van der Waals surface area contributed by atoms with Gasteiger partial charge in [0.1, 0.15) is 5.82 Å². The van der Waals surface area contributed by atoms with Gasteiger partial charge in [0, 0.05) is 44.8 Å². The van der Waals surface area contributed by atoms with Gasteiger partial charge in [-0.15, -0.1) is 10.2 Å². The molecule has 0 spiro atoms. The first-order valence-corrected chi connectivity index (χ1v) is 11.2. The largest absolute Gasteiger partial charge is 0.379 e. The van der Waals surface area contributed by atoms with Gasteiger partial charge in [-0.25, -0.2) is 9.18 Å². The maximum atomic E-state index is 13.4. The van der Waals surface area contributed by atoms with E-state index in [0.717, 1.165) is 25.2 Å². The lowest BCUT2D eigenvalue weighted by molar-refractivity contribution is -0.126. The van der Waals surface area contributed by atoms with Crippen LogP contribution in [0.2, 0.25) is 0 Å². The Labute approximate surface area is 183 Å². The number of amides is 3. The van der Waals surface area contributed by atoms with Gasteiger partial charge in [-0.1, -0.05) is 11.8 Å². The molecule has 1 aromatic carbocycles. The molecular weight excluding hydrogens is 423 g/mol. The van der Waals surface area contributed by atoms with Crippen molar-refractivity contribution in [1.82, 2.24) is 29.9 Å². The summed E-state index contributed by atoms with van der Waals surface area (Å²) in [5, 5.41) is 11.4. The Morgan fingerprint density at radius 2 is 1.94 bits per heavy atom. The molecule has 2 fully saturated rings. The van der Waals surface area contributed by atoms with Gasteiger partial charge < -0.3 is 14.6 Å². The lowest BCUT2D eigenvalue weighted by atomic mass is 10.2. The fourth-order valence-electron chi connectivity index (χ4n) is 3.57. The van der Waals surface area contributed by atoms with Crippen LogP contribution in [-0.4, -0.2) is 87.7 Å². The van der Waals surface area contributed by atoms with Crippen LogP contribution < -0.4 is 5.32 Å². The molecule has 0 radical (unpaired) electrons. The summed E-state index contributed by atoms with van der Waals surface area (Å²) in [6.07, 6.45) is 0. The lowest BCUT2D eigenvalue weighted by Gasteiger charge is -2.27. The van der Waals surface area contributed by atoms with Gasteiger partial charge in [0.05, 0.1) is 18.5 Å². The van der Waals surface area contributed by atoms with E-state index in [4.69, 9.17) is 4.74 Å². The monoisotopic (exact) mass is 448 g/mol. The van der Waals surface area contributed by atoms with E-state index >= 15 is 0 Å². The van der Waals surface area contributed by atoms with Crippen molar-refractivity contribution in [1.29, 1.82) is 0 Å². The van der Waals surface area contributed by atoms with E-state index < -0.39 is 5.25 Å². The molecule has 1 N–H and O–H groups in total. The number of ether oxygens (including phenoxy) is 1. The number of rotatable bonds is 7. The average Bonchev–Trinajstić information content (AvgIpc) is 3.39. The van der Waals surface area contributed by atoms with Gasteiger partial charge in [-0.3, -0.25) is 14.6 Å². The number of nitrogens with one attached hydrogen (secondary N) is 1. The minimum atomic E-state index is -0.503. The molecule has 2 aliphatic heterocycles. The summed E-state index contributed by atoms with van der Waals surface area (Å²) in [5.41, 5.74) is 0.751. The van der Waals surface area contributed by atoms with Gasteiger partial charge in [-0.05, 0) is 31.2 Å². The molecule has 0 aliphatic carbocycles. The van der Waals surface area contributed by atoms with Crippen LogP contribution >= 0.6 is 11.8 Å². The van der Waals surface area contributed by atoms with Crippen molar-refractivity contribution in [2.45, 2.75) is 23.9 Å². The fraction of sp³-hybridized carbons (Fsp3) is 0.500. The molecule has 3 amide bonds. The number of carbonyl (C=O) groups is 2. The number of carbonyl (C=O) groups excluding carboxylic acids is 2.